The average molecular weight is 130 g/mol. The molecule has 0 unspecified atom stereocenters. The Morgan fingerprint density at radius 3 is 2.56 bits per heavy atom. The first kappa shape index (κ1) is 6.26. The summed E-state index contributed by atoms with van der Waals surface area (Å²) in [6, 6.07) is 2.42. The first-order valence-corrected chi connectivity index (χ1v) is 2.52. The normalized spacial score (nSPS) is 10.7. The van der Waals surface area contributed by atoms with Crippen molar-refractivity contribution in [1.29, 1.82) is 0 Å². The lowest BCUT2D eigenvalue weighted by Crippen LogP contribution is -1.81. The number of hydrogen-bond acceptors (Lipinski definition) is 0. The van der Waals surface area contributed by atoms with Crippen LogP contribution in [-0.2, 0) is 7.05 Å². The Balaban J connectivity index is 2.85. The number of aryl methyl sites for hydroxylation is 1. The van der Waals surface area contributed by atoms with Crippen molar-refractivity contribution in [3.8, 4) is 0 Å². The zero-order valence-corrected chi connectivity index (χ0v) is 4.94. The molecular weight excluding hydrogens is 124 g/mol. The lowest BCUT2D eigenvalue weighted by molar-refractivity contribution is 0.151. The molecule has 0 fully saturated rings. The van der Waals surface area contributed by atoms with Crippen molar-refractivity contribution in [2.75, 3.05) is 0 Å². The maximum absolute atomic E-state index is 11.7. The fourth-order valence-corrected chi connectivity index (χ4v) is 0.590. The molecule has 0 N–H and O–H groups in total. The van der Waals surface area contributed by atoms with E-state index in [1.165, 1.54) is 12.4 Å². The minimum atomic E-state index is -2.40. The lowest BCUT2D eigenvalue weighted by Gasteiger charge is -1.89. The average Bonchev–Trinajstić information content (AvgIpc) is 2.14. The summed E-state index contributed by atoms with van der Waals surface area (Å²) in [6.07, 6.45) is 0.429. The van der Waals surface area contributed by atoms with Crippen molar-refractivity contribution in [2.45, 2.75) is 6.43 Å². The Morgan fingerprint density at radius 2 is 2.33 bits per heavy atom. The van der Waals surface area contributed by atoms with E-state index in [0.717, 1.165) is 0 Å². The molecule has 0 aliphatic heterocycles. The third kappa shape index (κ3) is 1.28. The van der Waals surface area contributed by atoms with Crippen molar-refractivity contribution < 1.29 is 8.78 Å². The summed E-state index contributed by atoms with van der Waals surface area (Å²) < 4.78 is 25.0. The Kier molecular flexibility index (Phi) is 1.51. The molecule has 1 rings (SSSR count). The van der Waals surface area contributed by atoms with E-state index in [1.807, 2.05) is 0 Å². The fourth-order valence-electron chi connectivity index (χ4n) is 0.590. The van der Waals surface area contributed by atoms with Gasteiger partial charge in [0.1, 0.15) is 0 Å². The summed E-state index contributed by atoms with van der Waals surface area (Å²) in [5.74, 6) is 0. The predicted molar refractivity (Wildman–Crippen MR) is 29.2 cm³/mol. The molecule has 0 spiro atoms. The number of hydrogen-bond donors (Lipinski definition) is 0. The van der Waals surface area contributed by atoms with Crippen LogP contribution in [0.3, 0.4) is 0 Å². The van der Waals surface area contributed by atoms with Gasteiger partial charge in [-0.05, 0) is 0 Å². The van der Waals surface area contributed by atoms with Gasteiger partial charge < -0.3 is 4.57 Å². The van der Waals surface area contributed by atoms with Crippen LogP contribution in [0.2, 0.25) is 0 Å². The first-order chi connectivity index (χ1) is 4.20. The zero-order chi connectivity index (χ0) is 6.85. The summed E-state index contributed by atoms with van der Waals surface area (Å²) in [5, 5.41) is 0. The van der Waals surface area contributed by atoms with Gasteiger partial charge in [0.2, 0.25) is 0 Å². The molecular formula is C6H6F2N. The Hall–Kier alpha value is -0.860. The van der Waals surface area contributed by atoms with Gasteiger partial charge in [0.15, 0.2) is 0 Å². The van der Waals surface area contributed by atoms with Crippen LogP contribution in [0, 0.1) is 6.07 Å². The minimum absolute atomic E-state index is 0.0440. The Bertz CT molecular complexity index is 193. The molecule has 0 saturated heterocycles. The van der Waals surface area contributed by atoms with Gasteiger partial charge in [0.05, 0.1) is 0 Å². The van der Waals surface area contributed by atoms with Gasteiger partial charge in [-0.15, -0.1) is 0 Å². The van der Waals surface area contributed by atoms with Gasteiger partial charge in [0.25, 0.3) is 6.43 Å². The summed E-state index contributed by atoms with van der Waals surface area (Å²) in [7, 11) is 1.68. The molecule has 0 aliphatic carbocycles. The van der Waals surface area contributed by atoms with Gasteiger partial charge in [-0.25, -0.2) is 8.78 Å². The molecule has 9 heavy (non-hydrogen) atoms. The quantitative estimate of drug-likeness (QED) is 0.546. The van der Waals surface area contributed by atoms with E-state index < -0.39 is 6.43 Å². The van der Waals surface area contributed by atoms with Gasteiger partial charge in [-0.3, -0.25) is 0 Å². The molecule has 1 heterocycles. The Labute approximate surface area is 51.9 Å². The van der Waals surface area contributed by atoms with Crippen LogP contribution in [0.4, 0.5) is 8.78 Å². The highest BCUT2D eigenvalue weighted by molar-refractivity contribution is 5.08. The van der Waals surface area contributed by atoms with Gasteiger partial charge in [-0.1, -0.05) is 0 Å². The maximum atomic E-state index is 11.7. The number of aromatic nitrogens is 1. The molecule has 1 radical (unpaired) electrons. The van der Waals surface area contributed by atoms with E-state index in [9.17, 15) is 8.78 Å². The summed E-state index contributed by atoms with van der Waals surface area (Å²) in [6.45, 7) is 0. The molecule has 0 atom stereocenters. The molecule has 0 aliphatic rings. The molecule has 1 aromatic rings. The molecule has 0 bridgehead atoms. The lowest BCUT2D eigenvalue weighted by atomic mass is 10.4. The second kappa shape index (κ2) is 2.17. The second-order valence-corrected chi connectivity index (χ2v) is 1.82. The van der Waals surface area contributed by atoms with Gasteiger partial charge >= 0.3 is 0 Å². The maximum Gasteiger partial charge on any atom is 0.265 e. The third-order valence-electron chi connectivity index (χ3n) is 1.01. The second-order valence-electron chi connectivity index (χ2n) is 1.82. The largest absolute Gasteiger partial charge is 0.356 e. The van der Waals surface area contributed by atoms with Crippen LogP contribution >= 0.6 is 0 Å². The van der Waals surface area contributed by atoms with Crippen LogP contribution in [0.25, 0.3) is 0 Å². The van der Waals surface area contributed by atoms with Crippen LogP contribution in [-0.4, -0.2) is 4.57 Å². The van der Waals surface area contributed by atoms with Gasteiger partial charge in [0, 0.05) is 31.1 Å². The van der Waals surface area contributed by atoms with E-state index >= 15 is 0 Å². The van der Waals surface area contributed by atoms with E-state index in [0.29, 0.717) is 0 Å². The molecule has 0 amide bonds. The molecule has 1 aromatic heterocycles. The Morgan fingerprint density at radius 1 is 1.67 bits per heavy atom. The summed E-state index contributed by atoms with van der Waals surface area (Å²) >= 11 is 0. The van der Waals surface area contributed by atoms with Crippen molar-refractivity contribution in [2.24, 2.45) is 7.05 Å². The highest BCUT2D eigenvalue weighted by Crippen LogP contribution is 2.16. The van der Waals surface area contributed by atoms with E-state index in [4.69, 9.17) is 0 Å². The van der Waals surface area contributed by atoms with Crippen LogP contribution < -0.4 is 0 Å². The highest BCUT2D eigenvalue weighted by atomic mass is 19.3. The highest BCUT2D eigenvalue weighted by Gasteiger charge is 2.06. The van der Waals surface area contributed by atoms with E-state index in [-0.39, 0.29) is 5.56 Å². The minimum Gasteiger partial charge on any atom is -0.356 e. The van der Waals surface area contributed by atoms with Crippen molar-refractivity contribution in [3.63, 3.8) is 0 Å². The van der Waals surface area contributed by atoms with E-state index in [2.05, 4.69) is 6.07 Å². The van der Waals surface area contributed by atoms with Crippen LogP contribution in [0.15, 0.2) is 12.4 Å². The summed E-state index contributed by atoms with van der Waals surface area (Å²) in [4.78, 5) is 0. The van der Waals surface area contributed by atoms with E-state index in [1.54, 1.807) is 11.6 Å². The van der Waals surface area contributed by atoms with Crippen molar-refractivity contribution in [1.82, 2.24) is 4.57 Å². The van der Waals surface area contributed by atoms with Crippen LogP contribution in [0.1, 0.15) is 12.0 Å². The number of alkyl halides is 2. The molecule has 0 saturated carbocycles. The molecule has 0 aromatic carbocycles. The summed E-state index contributed by atoms with van der Waals surface area (Å²) in [5.41, 5.74) is -0.0440. The van der Waals surface area contributed by atoms with Crippen LogP contribution in [0.5, 0.6) is 0 Å². The smallest absolute Gasteiger partial charge is 0.265 e. The molecule has 49 valence electrons. The molecule has 3 heteroatoms. The standard InChI is InChI=1S/C6H6F2N/c1-9-3-2-5(4-9)6(7)8/h3-4,6H,1H3. The number of rotatable bonds is 1. The first-order valence-electron chi connectivity index (χ1n) is 2.52. The zero-order valence-electron chi connectivity index (χ0n) is 4.94. The predicted octanol–water partition coefficient (Wildman–Crippen LogP) is 1.76. The number of halogens is 2. The third-order valence-corrected chi connectivity index (χ3v) is 1.01. The fraction of sp³-hybridized carbons (Fsp3) is 0.333. The van der Waals surface area contributed by atoms with Crippen molar-refractivity contribution in [3.05, 3.63) is 24.0 Å². The topological polar surface area (TPSA) is 4.93 Å². The SMILES string of the molecule is Cn1c[c]c(C(F)F)c1. The molecule has 1 nitrogen and oxygen atoms in total. The number of nitrogens with zero attached hydrogens (tertiary/aromatic N) is 1. The monoisotopic (exact) mass is 130 g/mol. The van der Waals surface area contributed by atoms with Gasteiger partial charge in [-0.2, -0.15) is 0 Å². The van der Waals surface area contributed by atoms with Crippen molar-refractivity contribution >= 4 is 0 Å².